The van der Waals surface area contributed by atoms with Crippen LogP contribution in [0.1, 0.15) is 24.3 Å². The van der Waals surface area contributed by atoms with Crippen LogP contribution >= 0.6 is 11.6 Å². The first-order valence-corrected chi connectivity index (χ1v) is 6.06. The fraction of sp³-hybridized carbons (Fsp3) is 0.300. The normalized spacial score (nSPS) is 10.7. The molecule has 21 heavy (non-hydrogen) atoms. The van der Waals surface area contributed by atoms with Crippen molar-refractivity contribution >= 4 is 41.6 Å². The Kier molecular flexibility index (Phi) is 5.67. The van der Waals surface area contributed by atoms with Gasteiger partial charge in [-0.1, -0.05) is 11.6 Å². The van der Waals surface area contributed by atoms with Crippen LogP contribution in [0, 0.1) is 0 Å². The monoisotopic (exact) mass is 315 g/mol. The van der Waals surface area contributed by atoms with E-state index in [0.29, 0.717) is 0 Å². The van der Waals surface area contributed by atoms with Gasteiger partial charge in [0.05, 0.1) is 6.10 Å². The number of anilines is 2. The molecule has 1 rings (SSSR count). The Morgan fingerprint density at radius 1 is 1.33 bits per heavy atom. The Hall–Kier alpha value is -2.62. The van der Waals surface area contributed by atoms with E-state index in [2.05, 4.69) is 20.4 Å². The Morgan fingerprint density at radius 3 is 2.62 bits per heavy atom. The smallest absolute Gasteiger partial charge is 0.428 e. The number of nitrogens with zero attached hydrogens (tertiary/aromatic N) is 3. The fourth-order valence-corrected chi connectivity index (χ4v) is 1.22. The van der Waals surface area contributed by atoms with E-state index in [1.807, 2.05) is 5.43 Å². The molecule has 0 radical (unpaired) electrons. The number of halogens is 1. The lowest BCUT2D eigenvalue weighted by Gasteiger charge is -2.06. The summed E-state index contributed by atoms with van der Waals surface area (Å²) in [6.07, 6.45) is -0.123. The number of ether oxygens (including phenoxy) is 1. The van der Waals surface area contributed by atoms with Crippen LogP contribution in [0.5, 0.6) is 0 Å². The lowest BCUT2D eigenvalue weighted by molar-refractivity contribution is 0.0972. The van der Waals surface area contributed by atoms with Gasteiger partial charge in [0.2, 0.25) is 0 Å². The minimum atomic E-state index is -0.759. The van der Waals surface area contributed by atoms with Crippen molar-refractivity contribution in [3.8, 4) is 0 Å². The Morgan fingerprint density at radius 2 is 2.00 bits per heavy atom. The summed E-state index contributed by atoms with van der Waals surface area (Å²) in [6.45, 7) is 3.36. The molecular weight excluding hydrogens is 302 g/mol. The van der Waals surface area contributed by atoms with Crippen LogP contribution in [0.15, 0.2) is 5.10 Å². The van der Waals surface area contributed by atoms with E-state index in [0.717, 1.165) is 6.34 Å². The van der Waals surface area contributed by atoms with E-state index >= 15 is 0 Å². The number of hydrazone groups is 1. The second kappa shape index (κ2) is 7.24. The van der Waals surface area contributed by atoms with E-state index in [1.54, 1.807) is 13.8 Å². The molecule has 0 spiro atoms. The van der Waals surface area contributed by atoms with Gasteiger partial charge < -0.3 is 21.5 Å². The molecule has 11 heteroatoms. The number of hydrogen-bond acceptors (Lipinski definition) is 8. The van der Waals surface area contributed by atoms with Gasteiger partial charge >= 0.3 is 6.09 Å². The number of carbonyl (C=O) groups excluding carboxylic acids is 2. The number of nitrogens with one attached hydrogen (secondary N) is 2. The van der Waals surface area contributed by atoms with Crippen molar-refractivity contribution in [2.75, 3.05) is 11.5 Å². The minimum Gasteiger partial charge on any atom is -0.446 e. The number of rotatable bonds is 4. The highest BCUT2D eigenvalue weighted by Crippen LogP contribution is 2.16. The number of carbonyl (C=O) groups is 2. The average Bonchev–Trinajstić information content (AvgIpc) is 2.38. The summed E-state index contributed by atoms with van der Waals surface area (Å²) in [6, 6.07) is 0. The van der Waals surface area contributed by atoms with Crippen molar-refractivity contribution in [2.24, 2.45) is 5.10 Å². The zero-order valence-corrected chi connectivity index (χ0v) is 12.0. The summed E-state index contributed by atoms with van der Waals surface area (Å²) in [4.78, 5) is 30.1. The van der Waals surface area contributed by atoms with Crippen LogP contribution in [0.25, 0.3) is 0 Å². The van der Waals surface area contributed by atoms with E-state index in [1.165, 1.54) is 0 Å². The largest absolute Gasteiger partial charge is 0.446 e. The molecule has 0 saturated heterocycles. The number of nitrogens with two attached hydrogens (primary N) is 2. The molecule has 1 heterocycles. The van der Waals surface area contributed by atoms with Crippen LogP contribution in [-0.2, 0) is 4.74 Å². The molecule has 1 aromatic heterocycles. The van der Waals surface area contributed by atoms with E-state index in [9.17, 15) is 9.59 Å². The second-order valence-electron chi connectivity index (χ2n) is 3.93. The molecule has 2 amide bonds. The lowest BCUT2D eigenvalue weighted by atomic mass is 10.4. The van der Waals surface area contributed by atoms with Crippen molar-refractivity contribution in [3.63, 3.8) is 0 Å². The molecule has 0 aromatic carbocycles. The molecule has 0 aliphatic rings. The first-order valence-electron chi connectivity index (χ1n) is 5.68. The minimum absolute atomic E-state index is 0.0857. The molecule has 0 saturated carbocycles. The standard InChI is InChI=1S/C10H14ClN7O3/c1-4(2)21-10(20)18-15-3-14-9(19)5-7(12)17-8(13)6(11)16-5/h3-4H,1-2H3,(H,18,20)(H4,12,13,17)(H,14,15,19). The summed E-state index contributed by atoms with van der Waals surface area (Å²) < 4.78 is 4.74. The van der Waals surface area contributed by atoms with Crippen LogP contribution in [-0.4, -0.2) is 34.4 Å². The van der Waals surface area contributed by atoms with Crippen molar-refractivity contribution in [2.45, 2.75) is 20.0 Å². The Labute approximate surface area is 124 Å². The van der Waals surface area contributed by atoms with Crippen LogP contribution in [0.2, 0.25) is 5.15 Å². The van der Waals surface area contributed by atoms with Crippen LogP contribution in [0.4, 0.5) is 16.4 Å². The fourth-order valence-electron chi connectivity index (χ4n) is 1.09. The first kappa shape index (κ1) is 16.4. The lowest BCUT2D eigenvalue weighted by Crippen LogP contribution is -2.28. The van der Waals surface area contributed by atoms with Crippen LogP contribution in [0.3, 0.4) is 0 Å². The van der Waals surface area contributed by atoms with Crippen molar-refractivity contribution < 1.29 is 14.3 Å². The third-order valence-electron chi connectivity index (χ3n) is 1.88. The molecule has 0 bridgehead atoms. The van der Waals surface area contributed by atoms with Gasteiger partial charge in [-0.2, -0.15) is 5.10 Å². The predicted octanol–water partition coefficient (Wildman–Crippen LogP) is 0.102. The zero-order valence-electron chi connectivity index (χ0n) is 11.3. The summed E-state index contributed by atoms with van der Waals surface area (Å²) in [7, 11) is 0. The number of nitrogen functional groups attached to an aromatic ring is 2. The third kappa shape index (κ3) is 5.10. The summed E-state index contributed by atoms with van der Waals surface area (Å²) in [5.74, 6) is -0.989. The Balaban J connectivity index is 2.58. The van der Waals surface area contributed by atoms with Gasteiger partial charge in [-0.05, 0) is 13.8 Å². The molecule has 0 aliphatic heterocycles. The van der Waals surface area contributed by atoms with E-state index in [4.69, 9.17) is 27.8 Å². The average molecular weight is 316 g/mol. The van der Waals surface area contributed by atoms with Gasteiger partial charge in [0, 0.05) is 0 Å². The van der Waals surface area contributed by atoms with Gasteiger partial charge in [-0.15, -0.1) is 0 Å². The van der Waals surface area contributed by atoms with Gasteiger partial charge in [-0.3, -0.25) is 4.79 Å². The van der Waals surface area contributed by atoms with Gasteiger partial charge in [-0.25, -0.2) is 20.2 Å². The molecule has 0 atom stereocenters. The summed E-state index contributed by atoms with van der Waals surface area (Å²) >= 11 is 5.64. The quantitative estimate of drug-likeness (QED) is 0.348. The molecule has 114 valence electrons. The number of amides is 2. The van der Waals surface area contributed by atoms with Gasteiger partial charge in [0.15, 0.2) is 22.5 Å². The molecule has 0 unspecified atom stereocenters. The second-order valence-corrected chi connectivity index (χ2v) is 4.29. The Bertz CT molecular complexity index is 576. The number of hydrogen-bond donors (Lipinski definition) is 4. The highest BCUT2D eigenvalue weighted by molar-refractivity contribution is 6.31. The predicted molar refractivity (Wildman–Crippen MR) is 76.6 cm³/mol. The maximum Gasteiger partial charge on any atom is 0.428 e. The van der Waals surface area contributed by atoms with E-state index in [-0.39, 0.29) is 28.6 Å². The molecule has 0 aliphatic carbocycles. The van der Waals surface area contributed by atoms with Crippen molar-refractivity contribution in [3.05, 3.63) is 10.8 Å². The topological polar surface area (TPSA) is 158 Å². The van der Waals surface area contributed by atoms with Crippen molar-refractivity contribution in [1.82, 2.24) is 20.7 Å². The van der Waals surface area contributed by atoms with Gasteiger partial charge in [0.1, 0.15) is 6.34 Å². The zero-order chi connectivity index (χ0) is 16.0. The maximum absolute atomic E-state index is 11.7. The molecule has 10 nitrogen and oxygen atoms in total. The van der Waals surface area contributed by atoms with Gasteiger partial charge in [0.25, 0.3) is 5.91 Å². The SMILES string of the molecule is CC(C)OC(=O)NN=CNC(=O)c1nc(Cl)c(N)nc1N. The molecule has 0 fully saturated rings. The third-order valence-corrected chi connectivity index (χ3v) is 2.16. The maximum atomic E-state index is 11.7. The number of aromatic nitrogens is 2. The molecule has 6 N–H and O–H groups in total. The summed E-state index contributed by atoms with van der Waals surface area (Å²) in [5, 5.41) is 5.50. The van der Waals surface area contributed by atoms with Crippen molar-refractivity contribution in [1.29, 1.82) is 0 Å². The first-order chi connectivity index (χ1) is 9.81. The highest BCUT2D eigenvalue weighted by Gasteiger charge is 2.14. The molecule has 1 aromatic rings. The summed E-state index contributed by atoms with van der Waals surface area (Å²) in [5.41, 5.74) is 12.7. The van der Waals surface area contributed by atoms with E-state index < -0.39 is 12.0 Å². The highest BCUT2D eigenvalue weighted by atomic mass is 35.5. The van der Waals surface area contributed by atoms with Crippen LogP contribution < -0.4 is 22.2 Å². The molecular formula is C10H14ClN7O3.